The van der Waals surface area contributed by atoms with Gasteiger partial charge in [-0.25, -0.2) is 0 Å². The highest BCUT2D eigenvalue weighted by Crippen LogP contribution is 2.15. The molecule has 1 aromatic rings. The van der Waals surface area contributed by atoms with E-state index in [-0.39, 0.29) is 5.91 Å². The molecule has 0 aliphatic heterocycles. The lowest BCUT2D eigenvalue weighted by atomic mass is 10.2. The summed E-state index contributed by atoms with van der Waals surface area (Å²) < 4.78 is 0. The smallest absolute Gasteiger partial charge is 0.240 e. The fourth-order valence-electron chi connectivity index (χ4n) is 2.56. The van der Waals surface area contributed by atoms with Crippen LogP contribution in [0.3, 0.4) is 0 Å². The average Bonchev–Trinajstić information content (AvgIpc) is 2.74. The summed E-state index contributed by atoms with van der Waals surface area (Å²) in [7, 11) is 3.85. The molecule has 0 aliphatic carbocycles. The van der Waals surface area contributed by atoms with E-state index in [1.54, 1.807) is 18.2 Å². The van der Waals surface area contributed by atoms with Crippen molar-refractivity contribution in [3.63, 3.8) is 0 Å². The maximum absolute atomic E-state index is 12.0. The van der Waals surface area contributed by atoms with Crippen LogP contribution in [0.15, 0.2) is 59.6 Å². The molecule has 0 heterocycles. The van der Waals surface area contributed by atoms with E-state index in [0.717, 1.165) is 30.8 Å². The van der Waals surface area contributed by atoms with E-state index >= 15 is 0 Å². The number of aliphatic imine (C=N–C) groups is 1. The summed E-state index contributed by atoms with van der Waals surface area (Å²) in [5.74, 6) is 0.307. The minimum absolute atomic E-state index is 0.0579. The van der Waals surface area contributed by atoms with Crippen molar-refractivity contribution in [3.05, 3.63) is 60.2 Å². The second kappa shape index (κ2) is 14.7. The normalized spacial score (nSPS) is 13.1. The van der Waals surface area contributed by atoms with Crippen LogP contribution in [0.25, 0.3) is 6.08 Å². The van der Waals surface area contributed by atoms with Gasteiger partial charge >= 0.3 is 0 Å². The highest BCUT2D eigenvalue weighted by atomic mass is 32.1. The van der Waals surface area contributed by atoms with Gasteiger partial charge in [-0.15, -0.1) is 0 Å². The Balaban J connectivity index is 2.43. The lowest BCUT2D eigenvalue weighted by Gasteiger charge is -2.23. The number of amides is 1. The molecule has 0 radical (unpaired) electrons. The third-order valence-corrected chi connectivity index (χ3v) is 4.71. The summed E-state index contributed by atoms with van der Waals surface area (Å²) in [5.41, 5.74) is 8.03. The molecule has 158 valence electrons. The van der Waals surface area contributed by atoms with Gasteiger partial charge in [0.05, 0.1) is 6.04 Å². The van der Waals surface area contributed by atoms with Gasteiger partial charge in [0, 0.05) is 51.4 Å². The van der Waals surface area contributed by atoms with Crippen molar-refractivity contribution in [1.82, 2.24) is 4.90 Å². The summed E-state index contributed by atoms with van der Waals surface area (Å²) in [5, 5.41) is 0. The van der Waals surface area contributed by atoms with Gasteiger partial charge in [-0.2, -0.15) is 12.6 Å². The Morgan fingerprint density at radius 3 is 2.41 bits per heavy atom. The number of hydrogen-bond acceptors (Lipinski definition) is 5. The quantitative estimate of drug-likeness (QED) is 0.313. The topological polar surface area (TPSA) is 61.9 Å². The molecular formula is C23H34N4OS. The Bertz CT molecular complexity index is 710. The maximum Gasteiger partial charge on any atom is 0.240 e. The molecule has 1 rings (SSSR count). The zero-order valence-corrected chi connectivity index (χ0v) is 18.6. The lowest BCUT2D eigenvalue weighted by Crippen LogP contribution is -2.43. The van der Waals surface area contributed by atoms with E-state index in [4.69, 9.17) is 5.73 Å². The molecule has 2 N–H and O–H groups in total. The van der Waals surface area contributed by atoms with E-state index < -0.39 is 6.04 Å². The number of hydrogen-bond donors (Lipinski definition) is 2. The molecule has 0 saturated heterocycles. The van der Waals surface area contributed by atoms with E-state index in [9.17, 15) is 4.79 Å². The number of thiol groups is 1. The van der Waals surface area contributed by atoms with Crippen LogP contribution in [-0.4, -0.2) is 62.5 Å². The van der Waals surface area contributed by atoms with Crippen LogP contribution in [0.1, 0.15) is 18.9 Å². The molecule has 1 aromatic carbocycles. The molecule has 0 aromatic heterocycles. The van der Waals surface area contributed by atoms with E-state index in [0.29, 0.717) is 12.3 Å². The highest BCUT2D eigenvalue weighted by molar-refractivity contribution is 7.80. The summed E-state index contributed by atoms with van der Waals surface area (Å²) in [6, 6.07) is 7.89. The van der Waals surface area contributed by atoms with E-state index in [2.05, 4.69) is 59.9 Å². The van der Waals surface area contributed by atoms with Crippen molar-refractivity contribution >= 4 is 36.5 Å². The van der Waals surface area contributed by atoms with Crippen LogP contribution >= 0.6 is 12.6 Å². The van der Waals surface area contributed by atoms with Gasteiger partial charge < -0.3 is 15.5 Å². The van der Waals surface area contributed by atoms with Crippen LogP contribution in [-0.2, 0) is 4.79 Å². The molecule has 1 atom stereocenters. The Kier molecular flexibility index (Phi) is 12.5. The van der Waals surface area contributed by atoms with Crippen LogP contribution in [0.4, 0.5) is 5.69 Å². The summed E-state index contributed by atoms with van der Waals surface area (Å²) in [6.07, 6.45) is 14.6. The van der Waals surface area contributed by atoms with Gasteiger partial charge in [0.2, 0.25) is 5.91 Å². The van der Waals surface area contributed by atoms with Gasteiger partial charge in [0.1, 0.15) is 0 Å². The van der Waals surface area contributed by atoms with Crippen molar-refractivity contribution in [1.29, 1.82) is 0 Å². The van der Waals surface area contributed by atoms with Crippen molar-refractivity contribution in [2.75, 3.05) is 44.4 Å². The third kappa shape index (κ3) is 10.1. The van der Waals surface area contributed by atoms with Gasteiger partial charge in [0.15, 0.2) is 0 Å². The standard InChI is InChI=1S/C23H34N4OS/c1-4-25-16-9-7-5-6-8-11-20-12-14-21(15-13-20)26(2)17-10-18-27(3)23(28)22(24)19-29/h5-9,11-16,22,29H,4,10,17-19,24H2,1-3H3/b6-5+,9-7-,11-8+,25-16?. The number of likely N-dealkylation sites (N-methyl/N-ethyl adjacent to an activating group) is 1. The maximum atomic E-state index is 12.0. The first-order chi connectivity index (χ1) is 14.0. The fourth-order valence-corrected chi connectivity index (χ4v) is 2.72. The second-order valence-corrected chi connectivity index (χ2v) is 7.06. The molecule has 1 amide bonds. The summed E-state index contributed by atoms with van der Waals surface area (Å²) in [6.45, 7) is 4.35. The number of carbonyl (C=O) groups is 1. The predicted octanol–water partition coefficient (Wildman–Crippen LogP) is 3.44. The Morgan fingerprint density at radius 1 is 1.10 bits per heavy atom. The molecular weight excluding hydrogens is 380 g/mol. The number of anilines is 1. The van der Waals surface area contributed by atoms with Gasteiger partial charge in [-0.3, -0.25) is 9.79 Å². The van der Waals surface area contributed by atoms with Crippen LogP contribution in [0.2, 0.25) is 0 Å². The van der Waals surface area contributed by atoms with E-state index in [1.807, 2.05) is 37.3 Å². The number of allylic oxidation sites excluding steroid dienone is 5. The first kappa shape index (κ1) is 24.7. The highest BCUT2D eigenvalue weighted by Gasteiger charge is 2.16. The monoisotopic (exact) mass is 414 g/mol. The van der Waals surface area contributed by atoms with Crippen LogP contribution < -0.4 is 10.6 Å². The minimum Gasteiger partial charge on any atom is -0.375 e. The SMILES string of the molecule is CCN=C\C=C/C=C/C=C/c1ccc(N(C)CCCN(C)C(=O)C(N)CS)cc1. The largest absolute Gasteiger partial charge is 0.375 e. The van der Waals surface area contributed by atoms with Gasteiger partial charge in [-0.05, 0) is 37.1 Å². The molecule has 6 heteroatoms. The number of rotatable bonds is 12. The number of nitrogens with two attached hydrogens (primary N) is 1. The average molecular weight is 415 g/mol. The van der Waals surface area contributed by atoms with Crippen LogP contribution in [0, 0.1) is 0 Å². The number of benzene rings is 1. The predicted molar refractivity (Wildman–Crippen MR) is 130 cm³/mol. The first-order valence-corrected chi connectivity index (χ1v) is 10.5. The summed E-state index contributed by atoms with van der Waals surface area (Å²) >= 11 is 4.08. The molecule has 0 saturated carbocycles. The summed E-state index contributed by atoms with van der Waals surface area (Å²) in [4.78, 5) is 19.9. The van der Waals surface area contributed by atoms with Gasteiger partial charge in [0.25, 0.3) is 0 Å². The molecule has 0 bridgehead atoms. The molecule has 5 nitrogen and oxygen atoms in total. The van der Waals surface area contributed by atoms with E-state index in [1.165, 1.54) is 0 Å². The molecule has 29 heavy (non-hydrogen) atoms. The van der Waals surface area contributed by atoms with Crippen molar-refractivity contribution in [3.8, 4) is 0 Å². The molecule has 0 aliphatic rings. The van der Waals surface area contributed by atoms with Gasteiger partial charge in [-0.1, -0.05) is 42.5 Å². The third-order valence-electron chi connectivity index (χ3n) is 4.32. The Hall–Kier alpha value is -2.31. The van der Waals surface area contributed by atoms with Crippen LogP contribution in [0.5, 0.6) is 0 Å². The van der Waals surface area contributed by atoms with Crippen molar-refractivity contribution < 1.29 is 4.79 Å². The lowest BCUT2D eigenvalue weighted by molar-refractivity contribution is -0.130. The molecule has 1 unspecified atom stereocenters. The molecule has 0 spiro atoms. The first-order valence-electron chi connectivity index (χ1n) is 9.92. The zero-order valence-electron chi connectivity index (χ0n) is 17.7. The Labute approximate surface area is 181 Å². The fraction of sp³-hybridized carbons (Fsp3) is 0.391. The number of nitrogens with zero attached hydrogens (tertiary/aromatic N) is 3. The Morgan fingerprint density at radius 2 is 1.76 bits per heavy atom. The van der Waals surface area contributed by atoms with Crippen molar-refractivity contribution in [2.24, 2.45) is 10.7 Å². The molecule has 0 fully saturated rings. The van der Waals surface area contributed by atoms with Crippen molar-refractivity contribution in [2.45, 2.75) is 19.4 Å². The number of carbonyl (C=O) groups excluding carboxylic acids is 1. The second-order valence-electron chi connectivity index (χ2n) is 6.69. The minimum atomic E-state index is -0.526. The zero-order chi connectivity index (χ0) is 21.5.